The number of aryl methyl sites for hydroxylation is 1. The van der Waals surface area contributed by atoms with Crippen molar-refractivity contribution in [1.29, 1.82) is 0 Å². The van der Waals surface area contributed by atoms with E-state index in [9.17, 15) is 0 Å². The summed E-state index contributed by atoms with van der Waals surface area (Å²) in [6.45, 7) is 1.37. The van der Waals surface area contributed by atoms with Gasteiger partial charge in [0.15, 0.2) is 0 Å². The highest BCUT2D eigenvalue weighted by atomic mass is 32.4. The molecular formula is C5H10N2PS+. The molecule has 0 aliphatic carbocycles. The predicted molar refractivity (Wildman–Crippen MR) is 42.6 cm³/mol. The summed E-state index contributed by atoms with van der Waals surface area (Å²) in [7, 11) is 2.00. The average molecular weight is 161 g/mol. The van der Waals surface area contributed by atoms with Gasteiger partial charge in [-0.2, -0.15) is 0 Å². The maximum atomic E-state index is 5.11. The van der Waals surface area contributed by atoms with Crippen LogP contribution < -0.4 is 4.34 Å². The van der Waals surface area contributed by atoms with Crippen LogP contribution in [-0.2, 0) is 18.9 Å². The minimum Gasteiger partial charge on any atom is -0.239 e. The number of aromatic nitrogens is 2. The highest BCUT2D eigenvalue weighted by Gasteiger charge is 1.97. The van der Waals surface area contributed by atoms with Crippen molar-refractivity contribution in [3.05, 3.63) is 18.7 Å². The molecule has 1 aromatic heterocycles. The van der Waals surface area contributed by atoms with E-state index in [1.165, 1.54) is 0 Å². The van der Waals surface area contributed by atoms with E-state index in [0.717, 1.165) is 0 Å². The van der Waals surface area contributed by atoms with Gasteiger partial charge in [0.2, 0.25) is 6.33 Å². The monoisotopic (exact) mass is 161 g/mol. The molecule has 1 unspecified atom stereocenters. The molecule has 0 aliphatic heterocycles. The van der Waals surface area contributed by atoms with Crippen molar-refractivity contribution in [3.8, 4) is 0 Å². The van der Waals surface area contributed by atoms with Crippen molar-refractivity contribution >= 4 is 18.7 Å². The van der Waals surface area contributed by atoms with Gasteiger partial charge in [0.05, 0.1) is 7.05 Å². The van der Waals surface area contributed by atoms with Gasteiger partial charge in [-0.25, -0.2) is 8.90 Å². The van der Waals surface area contributed by atoms with Crippen LogP contribution in [0.3, 0.4) is 0 Å². The maximum absolute atomic E-state index is 5.11. The molecule has 2 nitrogen and oxygen atoms in total. The first-order valence-corrected chi connectivity index (χ1v) is 5.82. The molecule has 0 fully saturated rings. The average Bonchev–Trinajstić information content (AvgIpc) is 2.14. The second-order valence-electron chi connectivity index (χ2n) is 2.01. The lowest BCUT2D eigenvalue weighted by atomic mass is 10.9. The zero-order valence-corrected chi connectivity index (χ0v) is 7.35. The fourth-order valence-corrected chi connectivity index (χ4v) is 1.58. The standard InChI is InChI=1S/C5H10N2PS/c1-6-3-4-7(5-6)8(2)9/h3-5,8H,1-2H3/q+1. The summed E-state index contributed by atoms with van der Waals surface area (Å²) in [5.41, 5.74) is 0. The second kappa shape index (κ2) is 2.63. The summed E-state index contributed by atoms with van der Waals surface area (Å²) in [6, 6.07) is 0. The van der Waals surface area contributed by atoms with Gasteiger partial charge >= 0.3 is 0 Å². The van der Waals surface area contributed by atoms with Crippen molar-refractivity contribution in [2.75, 3.05) is 6.66 Å². The lowest BCUT2D eigenvalue weighted by Crippen LogP contribution is -2.19. The quantitative estimate of drug-likeness (QED) is 0.541. The van der Waals surface area contributed by atoms with Crippen LogP contribution in [0.15, 0.2) is 18.7 Å². The van der Waals surface area contributed by atoms with Crippen LogP contribution in [0.5, 0.6) is 0 Å². The SMILES string of the molecule is Cn1cc[n+]([PH](C)=S)c1. The smallest absolute Gasteiger partial charge is 0.239 e. The Kier molecular flexibility index (Phi) is 2.04. The molecule has 1 rings (SSSR count). The number of hydrogen-bond donors (Lipinski definition) is 0. The van der Waals surface area contributed by atoms with Gasteiger partial charge in [-0.05, 0) is 6.66 Å². The Bertz CT molecular complexity index is 231. The molecule has 0 radical (unpaired) electrons. The second-order valence-corrected chi connectivity index (χ2v) is 5.33. The molecule has 0 spiro atoms. The molecule has 0 saturated carbocycles. The van der Waals surface area contributed by atoms with Crippen LogP contribution in [-0.4, -0.2) is 11.2 Å². The molecule has 1 heterocycles. The van der Waals surface area contributed by atoms with Crippen molar-refractivity contribution < 1.29 is 4.34 Å². The number of rotatable bonds is 1. The third kappa shape index (κ3) is 1.63. The fourth-order valence-electron chi connectivity index (χ4n) is 0.636. The van der Waals surface area contributed by atoms with Crippen LogP contribution in [0.4, 0.5) is 0 Å². The van der Waals surface area contributed by atoms with E-state index in [-0.39, 0.29) is 0 Å². The van der Waals surface area contributed by atoms with E-state index in [1.807, 2.05) is 30.3 Å². The largest absolute Gasteiger partial charge is 0.246 e. The zero-order chi connectivity index (χ0) is 6.85. The molecule has 4 heteroatoms. The molecule has 9 heavy (non-hydrogen) atoms. The van der Waals surface area contributed by atoms with Gasteiger partial charge in [0, 0.05) is 0 Å². The van der Waals surface area contributed by atoms with E-state index in [4.69, 9.17) is 11.8 Å². The number of nitrogens with zero attached hydrogens (tertiary/aromatic N) is 2. The number of hydrogen-bond acceptors (Lipinski definition) is 1. The summed E-state index contributed by atoms with van der Waals surface area (Å²) in [6.07, 6.45) is 6.03. The predicted octanol–water partition coefficient (Wildman–Crippen LogP) is 0.382. The minimum atomic E-state index is -0.712. The van der Waals surface area contributed by atoms with Crippen LogP contribution >= 0.6 is 6.85 Å². The normalized spacial score (nSPS) is 13.6. The first-order valence-electron chi connectivity index (χ1n) is 2.74. The Hall–Kier alpha value is -0.140. The molecular weight excluding hydrogens is 151 g/mol. The Morgan fingerprint density at radius 2 is 2.33 bits per heavy atom. The first-order chi connectivity index (χ1) is 4.20. The lowest BCUT2D eigenvalue weighted by molar-refractivity contribution is -0.504. The van der Waals surface area contributed by atoms with Crippen LogP contribution in [0.1, 0.15) is 0 Å². The van der Waals surface area contributed by atoms with Gasteiger partial charge < -0.3 is 0 Å². The van der Waals surface area contributed by atoms with Crippen LogP contribution in [0.25, 0.3) is 0 Å². The molecule has 0 N–H and O–H groups in total. The van der Waals surface area contributed by atoms with Crippen molar-refractivity contribution in [2.24, 2.45) is 7.05 Å². The summed E-state index contributed by atoms with van der Waals surface area (Å²) in [4.78, 5) is 0. The number of imidazole rings is 1. The van der Waals surface area contributed by atoms with Gasteiger partial charge in [0.25, 0.3) is 0 Å². The van der Waals surface area contributed by atoms with Crippen LogP contribution in [0.2, 0.25) is 0 Å². The van der Waals surface area contributed by atoms with Crippen LogP contribution in [0, 0.1) is 0 Å². The summed E-state index contributed by atoms with van der Waals surface area (Å²) in [5.74, 6) is 0. The fraction of sp³-hybridized carbons (Fsp3) is 0.400. The molecule has 1 atom stereocenters. The van der Waals surface area contributed by atoms with E-state index in [1.54, 1.807) is 0 Å². The highest BCUT2D eigenvalue weighted by Crippen LogP contribution is 2.04. The molecule has 0 bridgehead atoms. The molecule has 0 aromatic carbocycles. The Morgan fingerprint density at radius 3 is 2.56 bits per heavy atom. The Balaban J connectivity index is 2.98. The molecule has 0 amide bonds. The van der Waals surface area contributed by atoms with Crippen molar-refractivity contribution in [1.82, 2.24) is 4.57 Å². The topological polar surface area (TPSA) is 8.81 Å². The molecule has 0 saturated heterocycles. The van der Waals surface area contributed by atoms with E-state index in [2.05, 4.69) is 11.0 Å². The van der Waals surface area contributed by atoms with Gasteiger partial charge in [-0.3, -0.25) is 0 Å². The summed E-state index contributed by atoms with van der Waals surface area (Å²) < 4.78 is 4.08. The Morgan fingerprint density at radius 1 is 1.67 bits per heavy atom. The third-order valence-electron chi connectivity index (χ3n) is 1.13. The maximum Gasteiger partial charge on any atom is 0.246 e. The lowest BCUT2D eigenvalue weighted by Gasteiger charge is -1.86. The highest BCUT2D eigenvalue weighted by molar-refractivity contribution is 8.01. The third-order valence-corrected chi connectivity index (χ3v) is 2.76. The van der Waals surface area contributed by atoms with E-state index >= 15 is 0 Å². The molecule has 0 aliphatic rings. The summed E-state index contributed by atoms with van der Waals surface area (Å²) >= 11 is 5.11. The van der Waals surface area contributed by atoms with Gasteiger partial charge in [0.1, 0.15) is 19.2 Å². The van der Waals surface area contributed by atoms with Gasteiger partial charge in [-0.1, -0.05) is 11.8 Å². The summed E-state index contributed by atoms with van der Waals surface area (Å²) in [5, 5.41) is 0. The van der Waals surface area contributed by atoms with Gasteiger partial charge in [-0.15, -0.1) is 0 Å². The Labute approximate surface area is 60.6 Å². The first kappa shape index (κ1) is 6.97. The van der Waals surface area contributed by atoms with Crippen molar-refractivity contribution in [3.63, 3.8) is 0 Å². The van der Waals surface area contributed by atoms with E-state index in [0.29, 0.717) is 0 Å². The van der Waals surface area contributed by atoms with E-state index < -0.39 is 6.85 Å². The minimum absolute atomic E-state index is 0.712. The van der Waals surface area contributed by atoms with Crippen molar-refractivity contribution in [2.45, 2.75) is 0 Å². The zero-order valence-electron chi connectivity index (χ0n) is 5.53. The molecule has 1 aromatic rings. The molecule has 50 valence electrons.